The maximum Gasteiger partial charge on any atom is 0.225 e. The highest BCUT2D eigenvalue weighted by atomic mass is 16.5. The van der Waals surface area contributed by atoms with E-state index in [4.69, 9.17) is 10.5 Å². The van der Waals surface area contributed by atoms with Gasteiger partial charge >= 0.3 is 0 Å². The molecule has 15 heavy (non-hydrogen) atoms. The zero-order valence-electron chi connectivity index (χ0n) is 9.04. The number of carbonyl (C=O) groups excluding carboxylic acids is 1. The Labute approximate surface area is 89.4 Å². The van der Waals surface area contributed by atoms with Crippen molar-refractivity contribution < 1.29 is 9.53 Å². The van der Waals surface area contributed by atoms with Crippen LogP contribution in [0.1, 0.15) is 12.0 Å². The zero-order valence-corrected chi connectivity index (χ0v) is 9.04. The number of nitrogens with two attached hydrogens (primary N) is 1. The molecule has 0 fully saturated rings. The van der Waals surface area contributed by atoms with E-state index in [2.05, 4.69) is 5.32 Å². The monoisotopic (exact) mass is 208 g/mol. The van der Waals surface area contributed by atoms with E-state index in [1.54, 1.807) is 7.11 Å². The summed E-state index contributed by atoms with van der Waals surface area (Å²) >= 11 is 0. The Morgan fingerprint density at radius 2 is 2.27 bits per heavy atom. The van der Waals surface area contributed by atoms with Crippen LogP contribution >= 0.6 is 0 Å². The number of benzene rings is 1. The summed E-state index contributed by atoms with van der Waals surface area (Å²) < 4.78 is 5.16. The topological polar surface area (TPSA) is 64.3 Å². The van der Waals surface area contributed by atoms with Gasteiger partial charge in [-0.15, -0.1) is 0 Å². The summed E-state index contributed by atoms with van der Waals surface area (Å²) in [5.74, 6) is 0.569. The molecule has 1 aromatic carbocycles. The van der Waals surface area contributed by atoms with E-state index in [-0.39, 0.29) is 5.91 Å². The number of carbonyl (C=O) groups is 1. The number of nitrogens with one attached hydrogen (secondary N) is 1. The lowest BCUT2D eigenvalue weighted by Gasteiger charge is -2.10. The molecule has 0 spiro atoms. The van der Waals surface area contributed by atoms with E-state index >= 15 is 0 Å². The highest BCUT2D eigenvalue weighted by Crippen LogP contribution is 2.25. The minimum absolute atomic E-state index is 0.0975. The van der Waals surface area contributed by atoms with Crippen LogP contribution in [0.2, 0.25) is 0 Å². The van der Waals surface area contributed by atoms with Gasteiger partial charge in [0, 0.05) is 13.0 Å². The van der Waals surface area contributed by atoms with Gasteiger partial charge in [-0.05, 0) is 24.6 Å². The fourth-order valence-corrected chi connectivity index (χ4v) is 1.25. The number of aryl methyl sites for hydroxylation is 1. The van der Waals surface area contributed by atoms with Crippen molar-refractivity contribution in [1.29, 1.82) is 0 Å². The standard InChI is InChI=1S/C11H16N2O2/c1-8-3-4-9(10(7-8)15-2)13-11(14)5-6-12/h3-4,7H,5-6,12H2,1-2H3,(H,13,14). The van der Waals surface area contributed by atoms with E-state index in [0.717, 1.165) is 5.56 Å². The number of methoxy groups -OCH3 is 1. The smallest absolute Gasteiger partial charge is 0.225 e. The number of hydrogen-bond acceptors (Lipinski definition) is 3. The summed E-state index contributed by atoms with van der Waals surface area (Å²) in [6, 6.07) is 5.61. The summed E-state index contributed by atoms with van der Waals surface area (Å²) in [6.45, 7) is 2.31. The Hall–Kier alpha value is -1.55. The van der Waals surface area contributed by atoms with Crippen molar-refractivity contribution in [2.45, 2.75) is 13.3 Å². The molecule has 1 aromatic rings. The first-order chi connectivity index (χ1) is 7.17. The SMILES string of the molecule is COc1cc(C)ccc1NC(=O)CCN. The zero-order chi connectivity index (χ0) is 11.3. The molecular weight excluding hydrogens is 192 g/mol. The molecule has 0 bridgehead atoms. The molecule has 0 aliphatic rings. The van der Waals surface area contributed by atoms with Crippen molar-refractivity contribution in [3.8, 4) is 5.75 Å². The van der Waals surface area contributed by atoms with Gasteiger partial charge in [-0.1, -0.05) is 6.07 Å². The quantitative estimate of drug-likeness (QED) is 0.783. The average molecular weight is 208 g/mol. The van der Waals surface area contributed by atoms with E-state index < -0.39 is 0 Å². The van der Waals surface area contributed by atoms with Crippen LogP contribution in [0, 0.1) is 6.92 Å². The van der Waals surface area contributed by atoms with Gasteiger partial charge in [0.1, 0.15) is 5.75 Å². The molecule has 0 saturated heterocycles. The van der Waals surface area contributed by atoms with Crippen molar-refractivity contribution in [3.05, 3.63) is 23.8 Å². The third-order valence-corrected chi connectivity index (χ3v) is 2.00. The van der Waals surface area contributed by atoms with Crippen molar-refractivity contribution >= 4 is 11.6 Å². The normalized spacial score (nSPS) is 9.80. The lowest BCUT2D eigenvalue weighted by atomic mass is 10.2. The molecule has 0 unspecified atom stereocenters. The van der Waals surface area contributed by atoms with Crippen LogP contribution in [0.4, 0.5) is 5.69 Å². The summed E-state index contributed by atoms with van der Waals surface area (Å²) in [6.07, 6.45) is 0.316. The predicted molar refractivity (Wildman–Crippen MR) is 60.0 cm³/mol. The van der Waals surface area contributed by atoms with E-state index in [1.807, 2.05) is 25.1 Å². The Balaban J connectivity index is 2.80. The van der Waals surface area contributed by atoms with Crippen molar-refractivity contribution in [1.82, 2.24) is 0 Å². The summed E-state index contributed by atoms with van der Waals surface area (Å²) in [5.41, 5.74) is 7.05. The molecule has 0 aliphatic carbocycles. The fourth-order valence-electron chi connectivity index (χ4n) is 1.25. The molecule has 1 rings (SSSR count). The second kappa shape index (κ2) is 5.36. The molecule has 82 valence electrons. The van der Waals surface area contributed by atoms with Gasteiger partial charge in [0.25, 0.3) is 0 Å². The molecule has 0 atom stereocenters. The van der Waals surface area contributed by atoms with Gasteiger partial charge in [-0.25, -0.2) is 0 Å². The van der Waals surface area contributed by atoms with Gasteiger partial charge < -0.3 is 15.8 Å². The van der Waals surface area contributed by atoms with Gasteiger partial charge in [0.15, 0.2) is 0 Å². The molecule has 0 aliphatic heterocycles. The maximum atomic E-state index is 11.3. The molecule has 4 nitrogen and oxygen atoms in total. The second-order valence-corrected chi connectivity index (χ2v) is 3.29. The Bertz CT molecular complexity index is 350. The van der Waals surface area contributed by atoms with E-state index in [1.165, 1.54) is 0 Å². The Morgan fingerprint density at radius 1 is 1.53 bits per heavy atom. The van der Waals surface area contributed by atoms with Gasteiger partial charge in [0.2, 0.25) is 5.91 Å². The van der Waals surface area contributed by atoms with Crippen molar-refractivity contribution in [3.63, 3.8) is 0 Å². The lowest BCUT2D eigenvalue weighted by Crippen LogP contribution is -2.16. The number of rotatable bonds is 4. The van der Waals surface area contributed by atoms with Gasteiger partial charge in [-0.3, -0.25) is 4.79 Å². The highest BCUT2D eigenvalue weighted by Gasteiger charge is 2.06. The Morgan fingerprint density at radius 3 is 2.87 bits per heavy atom. The summed E-state index contributed by atoms with van der Waals surface area (Å²) in [5, 5.41) is 2.75. The number of anilines is 1. The number of ether oxygens (including phenoxy) is 1. The summed E-state index contributed by atoms with van der Waals surface area (Å²) in [7, 11) is 1.58. The largest absolute Gasteiger partial charge is 0.495 e. The van der Waals surface area contributed by atoms with Crippen LogP contribution in [-0.2, 0) is 4.79 Å². The van der Waals surface area contributed by atoms with Crippen LogP contribution in [0.3, 0.4) is 0 Å². The molecule has 3 N–H and O–H groups in total. The number of amides is 1. The molecule has 4 heteroatoms. The first kappa shape index (κ1) is 11.5. The minimum Gasteiger partial charge on any atom is -0.495 e. The first-order valence-corrected chi connectivity index (χ1v) is 4.82. The maximum absolute atomic E-state index is 11.3. The van der Waals surface area contributed by atoms with Gasteiger partial charge in [0.05, 0.1) is 12.8 Å². The van der Waals surface area contributed by atoms with Crippen LogP contribution in [0.15, 0.2) is 18.2 Å². The van der Waals surface area contributed by atoms with E-state index in [9.17, 15) is 4.79 Å². The molecule has 0 aromatic heterocycles. The fraction of sp³-hybridized carbons (Fsp3) is 0.364. The van der Waals surface area contributed by atoms with Crippen LogP contribution in [0.5, 0.6) is 5.75 Å². The van der Waals surface area contributed by atoms with Crippen molar-refractivity contribution in [2.75, 3.05) is 19.0 Å². The van der Waals surface area contributed by atoms with Gasteiger partial charge in [-0.2, -0.15) is 0 Å². The molecule has 0 heterocycles. The minimum atomic E-state index is -0.0975. The van der Waals surface area contributed by atoms with Crippen LogP contribution in [0.25, 0.3) is 0 Å². The van der Waals surface area contributed by atoms with Crippen LogP contribution < -0.4 is 15.8 Å². The second-order valence-electron chi connectivity index (χ2n) is 3.29. The molecular formula is C11H16N2O2. The Kier molecular flexibility index (Phi) is 4.12. The lowest BCUT2D eigenvalue weighted by molar-refractivity contribution is -0.116. The third kappa shape index (κ3) is 3.25. The average Bonchev–Trinajstić information content (AvgIpc) is 2.21. The van der Waals surface area contributed by atoms with E-state index in [0.29, 0.717) is 24.4 Å². The first-order valence-electron chi connectivity index (χ1n) is 4.82. The highest BCUT2D eigenvalue weighted by molar-refractivity contribution is 5.92. The van der Waals surface area contributed by atoms with Crippen molar-refractivity contribution in [2.24, 2.45) is 5.73 Å². The third-order valence-electron chi connectivity index (χ3n) is 2.00. The van der Waals surface area contributed by atoms with Crippen LogP contribution in [-0.4, -0.2) is 19.6 Å². The summed E-state index contributed by atoms with van der Waals surface area (Å²) in [4.78, 5) is 11.3. The molecule has 1 amide bonds. The predicted octanol–water partition coefficient (Wildman–Crippen LogP) is 1.29. The molecule has 0 saturated carbocycles. The molecule has 0 radical (unpaired) electrons. The number of hydrogen-bond donors (Lipinski definition) is 2.